The van der Waals surface area contributed by atoms with Gasteiger partial charge in [-0.25, -0.2) is 0 Å². The lowest BCUT2D eigenvalue weighted by Gasteiger charge is -2.15. The minimum atomic E-state index is -0.803. The minimum absolute atomic E-state index is 0.653. The highest BCUT2D eigenvalue weighted by atomic mass is 35.5. The Labute approximate surface area is 224 Å². The van der Waals surface area contributed by atoms with Crippen LogP contribution < -0.4 is 10.1 Å². The molecule has 0 amide bonds. The Morgan fingerprint density at radius 1 is 0.816 bits per heavy atom. The third kappa shape index (κ3) is 4.52. The summed E-state index contributed by atoms with van der Waals surface area (Å²) in [5.41, 5.74) is 4.91. The monoisotopic (exact) mass is 518 g/mol. The van der Waals surface area contributed by atoms with E-state index < -0.39 is 6.10 Å². The van der Waals surface area contributed by atoms with Crippen LogP contribution in [-0.2, 0) is 0 Å². The van der Waals surface area contributed by atoms with Gasteiger partial charge < -0.3 is 15.2 Å². The van der Waals surface area contributed by atoms with Crippen molar-refractivity contribution in [3.05, 3.63) is 119 Å². The molecule has 1 atom stereocenters. The number of hydrogen-bond donors (Lipinski definition) is 2. The van der Waals surface area contributed by atoms with Gasteiger partial charge in [-0.2, -0.15) is 0 Å². The molecule has 2 heterocycles. The van der Waals surface area contributed by atoms with Crippen LogP contribution in [-0.4, -0.2) is 27.4 Å². The Balaban J connectivity index is 1.29. The predicted octanol–water partition coefficient (Wildman–Crippen LogP) is 7.33. The Morgan fingerprint density at radius 3 is 2.34 bits per heavy atom. The summed E-state index contributed by atoms with van der Waals surface area (Å²) in [5.74, 6) is 1.38. The normalized spacial score (nSPS) is 12.0. The lowest BCUT2D eigenvalue weighted by molar-refractivity contribution is 0.222. The molecule has 6 nitrogen and oxygen atoms in total. The van der Waals surface area contributed by atoms with Gasteiger partial charge in [0.25, 0.3) is 0 Å². The van der Waals surface area contributed by atoms with Crippen LogP contribution in [0.5, 0.6) is 5.75 Å². The number of benzene rings is 4. The van der Waals surface area contributed by atoms with Crippen molar-refractivity contribution in [3.8, 4) is 17.0 Å². The molecule has 1 unspecified atom stereocenters. The Morgan fingerprint density at radius 2 is 1.58 bits per heavy atom. The molecule has 0 aliphatic rings. The molecule has 6 rings (SSSR count). The van der Waals surface area contributed by atoms with Crippen LogP contribution in [0.1, 0.15) is 17.2 Å². The first kappa shape index (κ1) is 23.9. The average Bonchev–Trinajstić information content (AvgIpc) is 2.97. The van der Waals surface area contributed by atoms with Gasteiger partial charge in [-0.3, -0.25) is 4.98 Å². The van der Waals surface area contributed by atoms with E-state index in [4.69, 9.17) is 16.3 Å². The predicted molar refractivity (Wildman–Crippen MR) is 152 cm³/mol. The number of aliphatic hydroxyl groups excluding tert-OH is 1. The van der Waals surface area contributed by atoms with Gasteiger partial charge in [0.15, 0.2) is 5.82 Å². The number of nitrogens with one attached hydrogen (secondary N) is 1. The molecule has 2 N–H and O–H groups in total. The van der Waals surface area contributed by atoms with E-state index >= 15 is 0 Å². The Kier molecular flexibility index (Phi) is 6.33. The molecule has 6 aromatic rings. The van der Waals surface area contributed by atoms with Crippen molar-refractivity contribution in [2.45, 2.75) is 6.10 Å². The molecule has 7 heteroatoms. The number of nitrogens with zero attached hydrogens (tertiary/aromatic N) is 3. The minimum Gasteiger partial charge on any atom is -0.497 e. The fraction of sp³-hybridized carbons (Fsp3) is 0.0645. The van der Waals surface area contributed by atoms with Gasteiger partial charge in [0.1, 0.15) is 17.5 Å². The molecule has 0 aliphatic carbocycles. The van der Waals surface area contributed by atoms with Gasteiger partial charge in [0.2, 0.25) is 0 Å². The molecule has 4 aromatic carbocycles. The van der Waals surface area contributed by atoms with Gasteiger partial charge in [0.05, 0.1) is 12.6 Å². The number of halogens is 1. The summed E-state index contributed by atoms with van der Waals surface area (Å²) in [7, 11) is 1.62. The zero-order valence-corrected chi connectivity index (χ0v) is 21.2. The average molecular weight is 519 g/mol. The van der Waals surface area contributed by atoms with Gasteiger partial charge >= 0.3 is 0 Å². The standard InChI is InChI=1S/C31H23ClN4O2/c1-38-23-14-15-24-26(16-17-33-28(24)18-23)30(37)20-8-12-22(13-9-20)34-31-27-5-3-2-4-25(27)29(35-36-31)19-6-10-21(32)11-7-19/h2-18,30,37H,1H3,(H,34,36). The molecule has 38 heavy (non-hydrogen) atoms. The molecule has 0 fully saturated rings. The second-order valence-electron chi connectivity index (χ2n) is 8.88. The number of anilines is 2. The molecule has 0 aliphatic heterocycles. The lowest BCUT2D eigenvalue weighted by atomic mass is 9.98. The topological polar surface area (TPSA) is 80.2 Å². The van der Waals surface area contributed by atoms with Crippen molar-refractivity contribution in [2.24, 2.45) is 0 Å². The summed E-state index contributed by atoms with van der Waals surface area (Å²) < 4.78 is 5.31. The van der Waals surface area contributed by atoms with Crippen LogP contribution in [0.2, 0.25) is 5.02 Å². The van der Waals surface area contributed by atoms with Crippen LogP contribution in [0.25, 0.3) is 32.9 Å². The fourth-order valence-corrected chi connectivity index (χ4v) is 4.72. The quantitative estimate of drug-likeness (QED) is 0.240. The van der Waals surface area contributed by atoms with E-state index in [0.29, 0.717) is 10.8 Å². The first-order valence-corrected chi connectivity index (χ1v) is 12.5. The number of methoxy groups -OCH3 is 1. The largest absolute Gasteiger partial charge is 0.497 e. The van der Waals surface area contributed by atoms with E-state index in [-0.39, 0.29) is 0 Å². The summed E-state index contributed by atoms with van der Waals surface area (Å²) in [6, 6.07) is 30.8. The fourth-order valence-electron chi connectivity index (χ4n) is 4.60. The number of ether oxygens (including phenoxy) is 1. The Bertz CT molecular complexity index is 1760. The number of aliphatic hydroxyl groups is 1. The van der Waals surface area contributed by atoms with Gasteiger partial charge in [0, 0.05) is 44.7 Å². The molecule has 0 spiro atoms. The van der Waals surface area contributed by atoms with Gasteiger partial charge in [-0.15, -0.1) is 10.2 Å². The molecular formula is C31H23ClN4O2. The first-order chi connectivity index (χ1) is 18.6. The maximum absolute atomic E-state index is 11.2. The van der Waals surface area contributed by atoms with E-state index in [9.17, 15) is 5.11 Å². The highest BCUT2D eigenvalue weighted by Crippen LogP contribution is 2.33. The summed E-state index contributed by atoms with van der Waals surface area (Å²) in [5, 5.41) is 27.1. The van der Waals surface area contributed by atoms with Crippen molar-refractivity contribution in [1.29, 1.82) is 0 Å². The molecule has 0 saturated carbocycles. The van der Waals surface area contributed by atoms with Crippen LogP contribution in [0.4, 0.5) is 11.5 Å². The van der Waals surface area contributed by atoms with Crippen molar-refractivity contribution in [1.82, 2.24) is 15.2 Å². The third-order valence-corrected chi connectivity index (χ3v) is 6.82. The van der Waals surface area contributed by atoms with Crippen molar-refractivity contribution in [3.63, 3.8) is 0 Å². The molecular weight excluding hydrogens is 496 g/mol. The van der Waals surface area contributed by atoms with E-state index in [0.717, 1.165) is 55.5 Å². The van der Waals surface area contributed by atoms with Gasteiger partial charge in [-0.05, 0) is 53.6 Å². The third-order valence-electron chi connectivity index (χ3n) is 6.57. The second kappa shape index (κ2) is 10.1. The maximum Gasteiger partial charge on any atom is 0.161 e. The van der Waals surface area contributed by atoms with E-state index in [2.05, 4.69) is 20.5 Å². The van der Waals surface area contributed by atoms with Crippen LogP contribution >= 0.6 is 11.6 Å². The van der Waals surface area contributed by atoms with Crippen molar-refractivity contribution >= 4 is 44.8 Å². The van der Waals surface area contributed by atoms with Crippen LogP contribution in [0, 0.1) is 0 Å². The first-order valence-electron chi connectivity index (χ1n) is 12.1. The highest BCUT2D eigenvalue weighted by Gasteiger charge is 2.16. The van der Waals surface area contributed by atoms with Crippen molar-refractivity contribution in [2.75, 3.05) is 12.4 Å². The molecule has 186 valence electrons. The van der Waals surface area contributed by atoms with E-state index in [1.165, 1.54) is 0 Å². The summed E-state index contributed by atoms with van der Waals surface area (Å²) in [6.07, 6.45) is 0.899. The Hall–Kier alpha value is -4.52. The van der Waals surface area contributed by atoms with E-state index in [1.807, 2.05) is 97.1 Å². The zero-order valence-electron chi connectivity index (χ0n) is 20.5. The number of pyridine rings is 1. The van der Waals surface area contributed by atoms with Crippen LogP contribution in [0.15, 0.2) is 103 Å². The SMILES string of the molecule is COc1ccc2c(C(O)c3ccc(Nc4nnc(-c5ccc(Cl)cc5)c5ccccc45)cc3)ccnc2c1. The molecule has 2 aromatic heterocycles. The number of hydrogen-bond acceptors (Lipinski definition) is 6. The second-order valence-corrected chi connectivity index (χ2v) is 9.32. The number of fused-ring (bicyclic) bond motifs is 2. The highest BCUT2D eigenvalue weighted by molar-refractivity contribution is 6.30. The van der Waals surface area contributed by atoms with Crippen molar-refractivity contribution < 1.29 is 9.84 Å². The smallest absolute Gasteiger partial charge is 0.161 e. The lowest BCUT2D eigenvalue weighted by Crippen LogP contribution is -2.02. The van der Waals surface area contributed by atoms with E-state index in [1.54, 1.807) is 13.3 Å². The maximum atomic E-state index is 11.2. The number of aromatic nitrogens is 3. The molecule has 0 radical (unpaired) electrons. The van der Waals surface area contributed by atoms with Gasteiger partial charge in [-0.1, -0.05) is 60.1 Å². The summed E-state index contributed by atoms with van der Waals surface area (Å²) in [6.45, 7) is 0. The molecule has 0 saturated heterocycles. The summed E-state index contributed by atoms with van der Waals surface area (Å²) >= 11 is 6.07. The molecule has 0 bridgehead atoms. The summed E-state index contributed by atoms with van der Waals surface area (Å²) in [4.78, 5) is 4.42. The number of rotatable bonds is 6. The zero-order chi connectivity index (χ0) is 26.1. The van der Waals surface area contributed by atoms with Crippen LogP contribution in [0.3, 0.4) is 0 Å².